The molecule has 0 aliphatic heterocycles. The van der Waals surface area contributed by atoms with Gasteiger partial charge in [0.05, 0.1) is 0 Å². The summed E-state index contributed by atoms with van der Waals surface area (Å²) in [5.74, 6) is 1.05. The zero-order valence-corrected chi connectivity index (χ0v) is 15.0. The molecule has 0 fully saturated rings. The highest BCUT2D eigenvalue weighted by Gasteiger charge is 2.11. The minimum absolute atomic E-state index is 0.0133. The first-order valence-corrected chi connectivity index (χ1v) is 8.45. The molecule has 3 nitrogen and oxygen atoms in total. The predicted molar refractivity (Wildman–Crippen MR) is 98.4 cm³/mol. The second-order valence-corrected chi connectivity index (χ2v) is 6.44. The van der Waals surface area contributed by atoms with Crippen LogP contribution in [-0.2, 0) is 4.79 Å². The third-order valence-electron chi connectivity index (χ3n) is 3.55. The molecule has 0 spiro atoms. The summed E-state index contributed by atoms with van der Waals surface area (Å²) in [6.07, 6.45) is 1.04. The average Bonchev–Trinajstić information content (AvgIpc) is 2.54. The van der Waals surface area contributed by atoms with E-state index in [0.717, 1.165) is 27.0 Å². The molecule has 2 rings (SSSR count). The molecule has 0 radical (unpaired) electrons. The third kappa shape index (κ3) is 4.73. The Kier molecular flexibility index (Phi) is 6.24. The standard InChI is InChI=1S/C18H20INO2/c1-3-13(2)16-6-4-5-7-17(16)22-12-18(21)20-15-10-8-14(19)9-11-15/h4-11,13H,3,12H2,1-2H3,(H,20,21). The number of carbonyl (C=O) groups excluding carboxylic acids is 1. The van der Waals surface area contributed by atoms with E-state index in [4.69, 9.17) is 4.74 Å². The van der Waals surface area contributed by atoms with E-state index in [-0.39, 0.29) is 12.5 Å². The zero-order valence-electron chi connectivity index (χ0n) is 12.8. The molecule has 0 saturated heterocycles. The molecular formula is C18H20INO2. The van der Waals surface area contributed by atoms with E-state index in [9.17, 15) is 4.79 Å². The highest BCUT2D eigenvalue weighted by atomic mass is 127. The van der Waals surface area contributed by atoms with E-state index >= 15 is 0 Å². The van der Waals surface area contributed by atoms with Crippen LogP contribution in [0.4, 0.5) is 5.69 Å². The maximum atomic E-state index is 12.0. The number of ether oxygens (including phenoxy) is 1. The number of halogens is 1. The van der Waals surface area contributed by atoms with Crippen molar-refractivity contribution >= 4 is 34.2 Å². The van der Waals surface area contributed by atoms with Crippen molar-refractivity contribution in [1.82, 2.24) is 0 Å². The molecule has 0 saturated carbocycles. The van der Waals surface area contributed by atoms with Crippen LogP contribution in [0.3, 0.4) is 0 Å². The summed E-state index contributed by atoms with van der Waals surface area (Å²) in [5, 5.41) is 2.83. The van der Waals surface area contributed by atoms with Crippen LogP contribution in [0.1, 0.15) is 31.7 Å². The minimum atomic E-state index is -0.153. The van der Waals surface area contributed by atoms with Crippen molar-refractivity contribution in [3.8, 4) is 5.75 Å². The quantitative estimate of drug-likeness (QED) is 0.695. The average molecular weight is 409 g/mol. The number of anilines is 1. The van der Waals surface area contributed by atoms with Gasteiger partial charge in [0.25, 0.3) is 5.91 Å². The van der Waals surface area contributed by atoms with Gasteiger partial charge in [0, 0.05) is 9.26 Å². The van der Waals surface area contributed by atoms with Crippen LogP contribution in [0, 0.1) is 3.57 Å². The third-order valence-corrected chi connectivity index (χ3v) is 4.27. The highest BCUT2D eigenvalue weighted by molar-refractivity contribution is 14.1. The van der Waals surface area contributed by atoms with Crippen molar-refractivity contribution in [1.29, 1.82) is 0 Å². The van der Waals surface area contributed by atoms with Gasteiger partial charge in [-0.3, -0.25) is 4.79 Å². The number of carbonyl (C=O) groups is 1. The number of benzene rings is 2. The molecule has 116 valence electrons. The first-order valence-electron chi connectivity index (χ1n) is 7.37. The summed E-state index contributed by atoms with van der Waals surface area (Å²) in [5.41, 5.74) is 1.93. The summed E-state index contributed by atoms with van der Waals surface area (Å²) in [6, 6.07) is 15.6. The van der Waals surface area contributed by atoms with Crippen LogP contribution < -0.4 is 10.1 Å². The number of amides is 1. The van der Waals surface area contributed by atoms with Crippen LogP contribution in [0.15, 0.2) is 48.5 Å². The van der Waals surface area contributed by atoms with E-state index in [0.29, 0.717) is 5.92 Å². The number of rotatable bonds is 6. The molecule has 0 aromatic heterocycles. The molecule has 0 bridgehead atoms. The molecule has 4 heteroatoms. The first kappa shape index (κ1) is 16.8. The van der Waals surface area contributed by atoms with Crippen molar-refractivity contribution in [2.24, 2.45) is 0 Å². The summed E-state index contributed by atoms with van der Waals surface area (Å²) >= 11 is 2.23. The number of hydrogen-bond acceptors (Lipinski definition) is 2. The Hall–Kier alpha value is -1.56. The molecule has 0 aliphatic carbocycles. The zero-order chi connectivity index (χ0) is 15.9. The van der Waals surface area contributed by atoms with Gasteiger partial charge in [-0.05, 0) is 70.8 Å². The van der Waals surface area contributed by atoms with Crippen molar-refractivity contribution in [2.75, 3.05) is 11.9 Å². The van der Waals surface area contributed by atoms with Gasteiger partial charge in [-0.25, -0.2) is 0 Å². The van der Waals surface area contributed by atoms with E-state index in [1.54, 1.807) is 0 Å². The normalized spacial score (nSPS) is 11.8. The Morgan fingerprint density at radius 1 is 1.18 bits per heavy atom. The molecule has 0 aliphatic rings. The molecule has 1 unspecified atom stereocenters. The molecular weight excluding hydrogens is 389 g/mol. The fraction of sp³-hybridized carbons (Fsp3) is 0.278. The van der Waals surface area contributed by atoms with Gasteiger partial charge in [0.2, 0.25) is 0 Å². The van der Waals surface area contributed by atoms with Crippen molar-refractivity contribution in [3.63, 3.8) is 0 Å². The fourth-order valence-electron chi connectivity index (χ4n) is 2.11. The SMILES string of the molecule is CCC(C)c1ccccc1OCC(=O)Nc1ccc(I)cc1. The summed E-state index contributed by atoms with van der Waals surface area (Å²) < 4.78 is 6.84. The van der Waals surface area contributed by atoms with Gasteiger partial charge in [0.1, 0.15) is 5.75 Å². The van der Waals surface area contributed by atoms with E-state index < -0.39 is 0 Å². The molecule has 0 heterocycles. The lowest BCUT2D eigenvalue weighted by Crippen LogP contribution is -2.20. The number of para-hydroxylation sites is 1. The Labute approximate surface area is 145 Å². The van der Waals surface area contributed by atoms with Crippen LogP contribution in [0.25, 0.3) is 0 Å². The van der Waals surface area contributed by atoms with E-state index in [2.05, 4.69) is 47.8 Å². The molecule has 2 aromatic carbocycles. The Morgan fingerprint density at radius 3 is 2.55 bits per heavy atom. The van der Waals surface area contributed by atoms with E-state index in [1.807, 2.05) is 42.5 Å². The lowest BCUT2D eigenvalue weighted by Gasteiger charge is -2.15. The van der Waals surface area contributed by atoms with Gasteiger partial charge in [-0.1, -0.05) is 32.0 Å². The second kappa shape index (κ2) is 8.17. The summed E-state index contributed by atoms with van der Waals surface area (Å²) in [4.78, 5) is 12.0. The van der Waals surface area contributed by atoms with Gasteiger partial charge in [-0.2, -0.15) is 0 Å². The number of hydrogen-bond donors (Lipinski definition) is 1. The minimum Gasteiger partial charge on any atom is -0.483 e. The second-order valence-electron chi connectivity index (χ2n) is 5.19. The van der Waals surface area contributed by atoms with Gasteiger partial charge in [-0.15, -0.1) is 0 Å². The first-order chi connectivity index (χ1) is 10.6. The lowest BCUT2D eigenvalue weighted by molar-refractivity contribution is -0.118. The van der Waals surface area contributed by atoms with Gasteiger partial charge in [0.15, 0.2) is 6.61 Å². The van der Waals surface area contributed by atoms with Crippen LogP contribution in [-0.4, -0.2) is 12.5 Å². The summed E-state index contributed by atoms with van der Waals surface area (Å²) in [6.45, 7) is 4.32. The van der Waals surface area contributed by atoms with Crippen LogP contribution in [0.2, 0.25) is 0 Å². The molecule has 1 N–H and O–H groups in total. The molecule has 22 heavy (non-hydrogen) atoms. The van der Waals surface area contributed by atoms with E-state index in [1.165, 1.54) is 0 Å². The lowest BCUT2D eigenvalue weighted by atomic mass is 9.98. The molecule has 1 atom stereocenters. The highest BCUT2D eigenvalue weighted by Crippen LogP contribution is 2.28. The van der Waals surface area contributed by atoms with Gasteiger partial charge < -0.3 is 10.1 Å². The predicted octanol–water partition coefficient (Wildman–Crippen LogP) is 4.82. The van der Waals surface area contributed by atoms with Crippen LogP contribution in [0.5, 0.6) is 5.75 Å². The maximum Gasteiger partial charge on any atom is 0.262 e. The molecule has 2 aromatic rings. The number of nitrogens with one attached hydrogen (secondary N) is 1. The Bertz CT molecular complexity index is 625. The van der Waals surface area contributed by atoms with Crippen molar-refractivity contribution in [2.45, 2.75) is 26.2 Å². The van der Waals surface area contributed by atoms with Gasteiger partial charge >= 0.3 is 0 Å². The summed E-state index contributed by atoms with van der Waals surface area (Å²) in [7, 11) is 0. The Morgan fingerprint density at radius 2 is 1.86 bits per heavy atom. The van der Waals surface area contributed by atoms with Crippen molar-refractivity contribution in [3.05, 3.63) is 57.7 Å². The largest absolute Gasteiger partial charge is 0.483 e. The Balaban J connectivity index is 1.95. The fourth-order valence-corrected chi connectivity index (χ4v) is 2.47. The topological polar surface area (TPSA) is 38.3 Å². The van der Waals surface area contributed by atoms with Crippen molar-refractivity contribution < 1.29 is 9.53 Å². The maximum absolute atomic E-state index is 12.0. The van der Waals surface area contributed by atoms with Crippen LogP contribution >= 0.6 is 22.6 Å². The monoisotopic (exact) mass is 409 g/mol. The smallest absolute Gasteiger partial charge is 0.262 e. The molecule has 1 amide bonds.